The summed E-state index contributed by atoms with van der Waals surface area (Å²) in [4.78, 5) is 20.8. The quantitative estimate of drug-likeness (QED) is 0.816. The first-order chi connectivity index (χ1) is 11.8. The van der Waals surface area contributed by atoms with Crippen LogP contribution in [0.3, 0.4) is 0 Å². The molecule has 1 atom stereocenters. The van der Waals surface area contributed by atoms with Gasteiger partial charge in [0.25, 0.3) is 5.91 Å². The van der Waals surface area contributed by atoms with E-state index in [1.54, 1.807) is 11.3 Å². The Morgan fingerprint density at radius 3 is 2.44 bits per heavy atom. The normalized spacial score (nSPS) is 23.6. The lowest BCUT2D eigenvalue weighted by atomic mass is 9.98. The van der Waals surface area contributed by atoms with E-state index in [2.05, 4.69) is 36.0 Å². The molecule has 1 saturated carbocycles. The lowest BCUT2D eigenvalue weighted by molar-refractivity contribution is 0.0939. The molecule has 2 aliphatic rings. The maximum Gasteiger partial charge on any atom is 0.263 e. The van der Waals surface area contributed by atoms with Crippen LogP contribution < -0.4 is 5.32 Å². The number of thiazole rings is 1. The Balaban J connectivity index is 1.58. The Morgan fingerprint density at radius 1 is 1.16 bits per heavy atom. The van der Waals surface area contributed by atoms with Crippen LogP contribution in [0.15, 0.2) is 0 Å². The van der Waals surface area contributed by atoms with Crippen molar-refractivity contribution in [2.75, 3.05) is 13.1 Å². The molecule has 1 aromatic rings. The molecule has 1 amide bonds. The minimum absolute atomic E-state index is 0.00238. The maximum atomic E-state index is 12.7. The van der Waals surface area contributed by atoms with Crippen LogP contribution in [0, 0.1) is 6.92 Å². The van der Waals surface area contributed by atoms with Crippen molar-refractivity contribution in [2.24, 2.45) is 0 Å². The number of hydrogen-bond donors (Lipinski definition) is 1. The molecule has 4 nitrogen and oxygen atoms in total. The summed E-state index contributed by atoms with van der Waals surface area (Å²) in [5.74, 6) is 0.0678. The summed E-state index contributed by atoms with van der Waals surface area (Å²) in [5.41, 5.74) is 0.864. The van der Waals surface area contributed by atoms with Gasteiger partial charge in [-0.1, -0.05) is 46.5 Å². The summed E-state index contributed by atoms with van der Waals surface area (Å²) in [7, 11) is 0. The van der Waals surface area contributed by atoms with Gasteiger partial charge < -0.3 is 5.32 Å². The summed E-state index contributed by atoms with van der Waals surface area (Å²) < 4.78 is 0. The van der Waals surface area contributed by atoms with E-state index in [0.29, 0.717) is 0 Å². The second-order valence-electron chi connectivity index (χ2n) is 8.78. The fraction of sp³-hybridized carbons (Fsp3) is 0.800. The molecule has 0 radical (unpaired) electrons. The minimum Gasteiger partial charge on any atom is -0.347 e. The topological polar surface area (TPSA) is 45.2 Å². The number of nitrogens with one attached hydrogen (secondary N) is 1. The summed E-state index contributed by atoms with van der Waals surface area (Å²) in [6.07, 6.45) is 9.28. The zero-order valence-corrected chi connectivity index (χ0v) is 17.0. The van der Waals surface area contributed by atoms with Crippen molar-refractivity contribution in [3.8, 4) is 0 Å². The summed E-state index contributed by atoms with van der Waals surface area (Å²) in [5, 5.41) is 4.32. The highest BCUT2D eigenvalue weighted by molar-refractivity contribution is 7.14. The lowest BCUT2D eigenvalue weighted by Crippen LogP contribution is -2.39. The van der Waals surface area contributed by atoms with Crippen LogP contribution in [0.4, 0.5) is 0 Å². The van der Waals surface area contributed by atoms with Gasteiger partial charge in [0.2, 0.25) is 0 Å². The standard InChI is InChI=1S/C20H33N3OS/c1-14-17(25-19(21-14)20(2,3)4)18(24)22-15-11-12-23(13-15)16-9-7-5-6-8-10-16/h15-16H,5-13H2,1-4H3,(H,22,24). The van der Waals surface area contributed by atoms with Crippen LogP contribution in [0.2, 0.25) is 0 Å². The maximum absolute atomic E-state index is 12.7. The van der Waals surface area contributed by atoms with E-state index in [1.807, 2.05) is 6.92 Å². The van der Waals surface area contributed by atoms with E-state index < -0.39 is 0 Å². The number of rotatable bonds is 3. The number of carbonyl (C=O) groups is 1. The van der Waals surface area contributed by atoms with Gasteiger partial charge >= 0.3 is 0 Å². The number of carbonyl (C=O) groups excluding carboxylic acids is 1. The second kappa shape index (κ2) is 7.75. The van der Waals surface area contributed by atoms with Crippen LogP contribution >= 0.6 is 11.3 Å². The van der Waals surface area contributed by atoms with Crippen molar-refractivity contribution < 1.29 is 4.79 Å². The summed E-state index contributed by atoms with van der Waals surface area (Å²) in [6, 6.07) is 1.03. The number of nitrogens with zero attached hydrogens (tertiary/aromatic N) is 2. The molecule has 1 aliphatic carbocycles. The third-order valence-electron chi connectivity index (χ3n) is 5.54. The van der Waals surface area contributed by atoms with Crippen molar-refractivity contribution in [3.05, 3.63) is 15.6 Å². The predicted molar refractivity (Wildman–Crippen MR) is 104 cm³/mol. The molecule has 1 N–H and O–H groups in total. The van der Waals surface area contributed by atoms with Crippen molar-refractivity contribution in [1.82, 2.24) is 15.2 Å². The van der Waals surface area contributed by atoms with Gasteiger partial charge in [-0.25, -0.2) is 4.98 Å². The fourth-order valence-corrected chi connectivity index (χ4v) is 5.07. The Kier molecular flexibility index (Phi) is 5.84. The third kappa shape index (κ3) is 4.62. The van der Waals surface area contributed by atoms with Gasteiger partial charge in [-0.3, -0.25) is 9.69 Å². The Labute approximate surface area is 156 Å². The molecule has 5 heteroatoms. The predicted octanol–water partition coefficient (Wildman–Crippen LogP) is 4.28. The summed E-state index contributed by atoms with van der Waals surface area (Å²) in [6.45, 7) is 10.5. The van der Waals surface area contributed by atoms with Crippen molar-refractivity contribution >= 4 is 17.2 Å². The fourth-order valence-electron chi connectivity index (χ4n) is 4.04. The third-order valence-corrected chi connectivity index (χ3v) is 7.12. The monoisotopic (exact) mass is 363 g/mol. The highest BCUT2D eigenvalue weighted by atomic mass is 32.1. The average molecular weight is 364 g/mol. The second-order valence-corrected chi connectivity index (χ2v) is 9.78. The molecule has 0 spiro atoms. The van der Waals surface area contributed by atoms with Gasteiger partial charge in [-0.2, -0.15) is 0 Å². The van der Waals surface area contributed by atoms with E-state index in [9.17, 15) is 4.79 Å². The Hall–Kier alpha value is -0.940. The molecular formula is C20H33N3OS. The van der Waals surface area contributed by atoms with Gasteiger partial charge in [-0.05, 0) is 26.2 Å². The molecule has 1 aromatic heterocycles. The van der Waals surface area contributed by atoms with Crippen LogP contribution in [0.1, 0.15) is 86.1 Å². The van der Waals surface area contributed by atoms with E-state index in [0.717, 1.165) is 41.1 Å². The highest BCUT2D eigenvalue weighted by Crippen LogP contribution is 2.30. The van der Waals surface area contributed by atoms with Gasteiger partial charge in [0, 0.05) is 30.6 Å². The van der Waals surface area contributed by atoms with Gasteiger partial charge in [0.15, 0.2) is 0 Å². The zero-order valence-electron chi connectivity index (χ0n) is 16.2. The molecule has 25 heavy (non-hydrogen) atoms. The van der Waals surface area contributed by atoms with E-state index in [4.69, 9.17) is 0 Å². The molecule has 2 heterocycles. The van der Waals surface area contributed by atoms with Crippen molar-refractivity contribution in [2.45, 2.75) is 90.1 Å². The SMILES string of the molecule is Cc1nc(C(C)(C)C)sc1C(=O)NC1CCN(C2CCCCCC2)C1. The Bertz CT molecular complexity index is 597. The van der Waals surface area contributed by atoms with Crippen LogP contribution in [0.25, 0.3) is 0 Å². The molecule has 1 saturated heterocycles. The molecular weight excluding hydrogens is 330 g/mol. The average Bonchev–Trinajstić information content (AvgIpc) is 3.06. The molecule has 0 aromatic carbocycles. The van der Waals surface area contributed by atoms with Crippen LogP contribution in [0.5, 0.6) is 0 Å². The molecule has 3 rings (SSSR count). The van der Waals surface area contributed by atoms with Crippen LogP contribution in [-0.2, 0) is 5.41 Å². The lowest BCUT2D eigenvalue weighted by Gasteiger charge is -2.26. The Morgan fingerprint density at radius 2 is 1.84 bits per heavy atom. The smallest absolute Gasteiger partial charge is 0.263 e. The minimum atomic E-state index is -0.00238. The molecule has 0 bridgehead atoms. The van der Waals surface area contributed by atoms with Gasteiger partial charge in [0.05, 0.1) is 10.7 Å². The molecule has 140 valence electrons. The van der Waals surface area contributed by atoms with Gasteiger partial charge in [0.1, 0.15) is 4.88 Å². The van der Waals surface area contributed by atoms with Gasteiger partial charge in [-0.15, -0.1) is 11.3 Å². The number of hydrogen-bond acceptors (Lipinski definition) is 4. The summed E-state index contributed by atoms with van der Waals surface area (Å²) >= 11 is 1.55. The van der Waals surface area contributed by atoms with E-state index >= 15 is 0 Å². The van der Waals surface area contributed by atoms with Crippen molar-refractivity contribution in [1.29, 1.82) is 0 Å². The molecule has 2 fully saturated rings. The first kappa shape index (κ1) is 18.8. The van der Waals surface area contributed by atoms with Crippen molar-refractivity contribution in [3.63, 3.8) is 0 Å². The molecule has 1 aliphatic heterocycles. The first-order valence-corrected chi connectivity index (χ1v) is 10.7. The number of aryl methyl sites for hydroxylation is 1. The number of amides is 1. The number of likely N-dealkylation sites (tertiary alicyclic amines) is 1. The zero-order chi connectivity index (χ0) is 18.0. The highest BCUT2D eigenvalue weighted by Gasteiger charge is 2.30. The number of aromatic nitrogens is 1. The van der Waals surface area contributed by atoms with E-state index in [1.165, 1.54) is 38.5 Å². The molecule has 1 unspecified atom stereocenters. The largest absolute Gasteiger partial charge is 0.347 e. The van der Waals surface area contributed by atoms with Crippen LogP contribution in [-0.4, -0.2) is 41.0 Å². The van der Waals surface area contributed by atoms with E-state index in [-0.39, 0.29) is 17.4 Å². The first-order valence-electron chi connectivity index (χ1n) is 9.87.